The van der Waals surface area contributed by atoms with Gasteiger partial charge in [-0.05, 0) is 6.42 Å². The van der Waals surface area contributed by atoms with Crippen molar-refractivity contribution < 1.29 is 0 Å². The van der Waals surface area contributed by atoms with E-state index >= 15 is 0 Å². The fourth-order valence-electron chi connectivity index (χ4n) is 1.71. The molecule has 0 aliphatic rings. The highest BCUT2D eigenvalue weighted by Crippen LogP contribution is 2.14. The molecule has 0 aromatic carbocycles. The van der Waals surface area contributed by atoms with Gasteiger partial charge in [0.05, 0.1) is 17.6 Å². The first kappa shape index (κ1) is 11.4. The van der Waals surface area contributed by atoms with Gasteiger partial charge >= 0.3 is 0 Å². The maximum Gasteiger partial charge on any atom is 0.0853 e. The van der Waals surface area contributed by atoms with Gasteiger partial charge in [0.25, 0.3) is 0 Å². The van der Waals surface area contributed by atoms with Crippen molar-refractivity contribution in [2.24, 2.45) is 7.05 Å². The molecule has 0 saturated heterocycles. The predicted octanol–water partition coefficient (Wildman–Crippen LogP) is 1.89. The first-order valence-electron chi connectivity index (χ1n) is 5.65. The van der Waals surface area contributed by atoms with E-state index < -0.39 is 0 Å². The highest BCUT2D eigenvalue weighted by Gasteiger charge is 2.05. The first-order valence-corrected chi connectivity index (χ1v) is 5.65. The fraction of sp³-hybridized carbons (Fsp3) is 0.333. The van der Waals surface area contributed by atoms with E-state index in [2.05, 4.69) is 29.0 Å². The van der Waals surface area contributed by atoms with Crippen LogP contribution in [0.3, 0.4) is 0 Å². The molecule has 5 heteroatoms. The third kappa shape index (κ3) is 2.55. The molecule has 0 saturated carbocycles. The Kier molecular flexibility index (Phi) is 3.27. The Hall–Kier alpha value is -2.04. The molecule has 0 fully saturated rings. The molecule has 0 aliphatic carbocycles. The Morgan fingerprint density at radius 1 is 1.47 bits per heavy atom. The molecule has 0 atom stereocenters. The van der Waals surface area contributed by atoms with Crippen molar-refractivity contribution >= 4 is 11.9 Å². The van der Waals surface area contributed by atoms with Crippen molar-refractivity contribution in [3.05, 3.63) is 36.4 Å². The average Bonchev–Trinajstić information content (AvgIpc) is 2.92. The molecular weight excluding hydrogens is 214 g/mol. The molecule has 90 valence electrons. The lowest BCUT2D eigenvalue weighted by molar-refractivity contribution is 0.746. The van der Waals surface area contributed by atoms with Crippen molar-refractivity contribution in [2.45, 2.75) is 19.9 Å². The normalized spacial score (nSPS) is 10.5. The fourth-order valence-corrected chi connectivity index (χ4v) is 1.71. The van der Waals surface area contributed by atoms with Gasteiger partial charge in [0.1, 0.15) is 0 Å². The minimum atomic E-state index is 0.743. The molecule has 0 spiro atoms. The van der Waals surface area contributed by atoms with E-state index in [-0.39, 0.29) is 0 Å². The standard InChI is InChI=1S/C12H17N5/c1-4-11-12(9-16(3)15-11)13-6-10-7-14-17(5-2)8-10/h5,7-9,13H,2,4,6H2,1,3H3. The summed E-state index contributed by atoms with van der Waals surface area (Å²) in [5.41, 5.74) is 3.29. The summed E-state index contributed by atoms with van der Waals surface area (Å²) in [7, 11) is 1.93. The molecule has 0 bridgehead atoms. The Bertz CT molecular complexity index is 509. The first-order chi connectivity index (χ1) is 8.22. The molecule has 2 rings (SSSR count). The van der Waals surface area contributed by atoms with Crippen LogP contribution in [-0.2, 0) is 20.0 Å². The number of anilines is 1. The van der Waals surface area contributed by atoms with Gasteiger partial charge in [-0.3, -0.25) is 4.68 Å². The molecular formula is C12H17N5. The number of aromatic nitrogens is 4. The van der Waals surface area contributed by atoms with Crippen molar-refractivity contribution in [1.29, 1.82) is 0 Å². The van der Waals surface area contributed by atoms with Gasteiger partial charge < -0.3 is 5.32 Å². The van der Waals surface area contributed by atoms with Crippen LogP contribution < -0.4 is 5.32 Å². The second-order valence-electron chi connectivity index (χ2n) is 3.88. The minimum Gasteiger partial charge on any atom is -0.378 e. The van der Waals surface area contributed by atoms with E-state index in [0.717, 1.165) is 29.9 Å². The number of aryl methyl sites for hydroxylation is 2. The van der Waals surface area contributed by atoms with Crippen LogP contribution in [0.5, 0.6) is 0 Å². The summed E-state index contributed by atoms with van der Waals surface area (Å²) in [4.78, 5) is 0. The molecule has 0 amide bonds. The maximum atomic E-state index is 4.38. The van der Waals surface area contributed by atoms with E-state index in [0.29, 0.717) is 0 Å². The highest BCUT2D eigenvalue weighted by molar-refractivity contribution is 5.46. The van der Waals surface area contributed by atoms with Crippen molar-refractivity contribution in [2.75, 3.05) is 5.32 Å². The van der Waals surface area contributed by atoms with E-state index in [9.17, 15) is 0 Å². The smallest absolute Gasteiger partial charge is 0.0853 e. The van der Waals surface area contributed by atoms with Crippen LogP contribution in [0, 0.1) is 0 Å². The number of hydrogen-bond donors (Lipinski definition) is 1. The highest BCUT2D eigenvalue weighted by atomic mass is 15.3. The second kappa shape index (κ2) is 4.86. The van der Waals surface area contributed by atoms with Crippen LogP contribution >= 0.6 is 0 Å². The van der Waals surface area contributed by atoms with Crippen LogP contribution in [-0.4, -0.2) is 19.6 Å². The number of hydrogen-bond acceptors (Lipinski definition) is 3. The summed E-state index contributed by atoms with van der Waals surface area (Å²) in [6.45, 7) is 6.50. The molecule has 2 aromatic rings. The van der Waals surface area contributed by atoms with E-state index in [1.807, 2.05) is 30.3 Å². The van der Waals surface area contributed by atoms with Gasteiger partial charge in [0.15, 0.2) is 0 Å². The Morgan fingerprint density at radius 3 is 2.94 bits per heavy atom. The summed E-state index contributed by atoms with van der Waals surface area (Å²) >= 11 is 0. The zero-order valence-electron chi connectivity index (χ0n) is 10.2. The van der Waals surface area contributed by atoms with Crippen LogP contribution in [0.25, 0.3) is 6.20 Å². The number of nitrogens with one attached hydrogen (secondary N) is 1. The molecule has 0 unspecified atom stereocenters. The molecule has 2 heterocycles. The Morgan fingerprint density at radius 2 is 2.29 bits per heavy atom. The topological polar surface area (TPSA) is 47.7 Å². The lowest BCUT2D eigenvalue weighted by Crippen LogP contribution is -1.99. The van der Waals surface area contributed by atoms with Crippen LogP contribution in [0.2, 0.25) is 0 Å². The second-order valence-corrected chi connectivity index (χ2v) is 3.88. The van der Waals surface area contributed by atoms with Gasteiger partial charge in [-0.15, -0.1) is 0 Å². The Labute approximate surface area is 101 Å². The van der Waals surface area contributed by atoms with Gasteiger partial charge in [0.2, 0.25) is 0 Å². The third-order valence-electron chi connectivity index (χ3n) is 2.57. The lowest BCUT2D eigenvalue weighted by Gasteiger charge is -2.02. The SMILES string of the molecule is C=Cn1cc(CNc2cn(C)nc2CC)cn1. The monoisotopic (exact) mass is 231 g/mol. The summed E-state index contributed by atoms with van der Waals surface area (Å²) < 4.78 is 3.52. The minimum absolute atomic E-state index is 0.743. The summed E-state index contributed by atoms with van der Waals surface area (Å²) in [5.74, 6) is 0. The number of rotatable bonds is 5. The van der Waals surface area contributed by atoms with Crippen molar-refractivity contribution in [3.8, 4) is 0 Å². The summed E-state index contributed by atoms with van der Waals surface area (Å²) in [6.07, 6.45) is 8.37. The molecule has 1 N–H and O–H groups in total. The van der Waals surface area contributed by atoms with E-state index in [4.69, 9.17) is 0 Å². The molecule has 0 radical (unpaired) electrons. The van der Waals surface area contributed by atoms with Crippen LogP contribution in [0.15, 0.2) is 25.2 Å². The lowest BCUT2D eigenvalue weighted by atomic mass is 10.3. The van der Waals surface area contributed by atoms with Gasteiger partial charge in [-0.2, -0.15) is 10.2 Å². The molecule has 2 aromatic heterocycles. The summed E-state index contributed by atoms with van der Waals surface area (Å²) in [6, 6.07) is 0. The largest absolute Gasteiger partial charge is 0.378 e. The van der Waals surface area contributed by atoms with Crippen LogP contribution in [0.4, 0.5) is 5.69 Å². The average molecular weight is 231 g/mol. The summed E-state index contributed by atoms with van der Waals surface area (Å²) in [5, 5.41) is 11.9. The van der Waals surface area contributed by atoms with E-state index in [1.54, 1.807) is 10.9 Å². The van der Waals surface area contributed by atoms with Crippen molar-refractivity contribution in [3.63, 3.8) is 0 Å². The molecule has 17 heavy (non-hydrogen) atoms. The van der Waals surface area contributed by atoms with Gasteiger partial charge in [-0.1, -0.05) is 13.5 Å². The van der Waals surface area contributed by atoms with Gasteiger partial charge in [-0.25, -0.2) is 4.68 Å². The number of nitrogens with zero attached hydrogens (tertiary/aromatic N) is 4. The quantitative estimate of drug-likeness (QED) is 0.854. The molecule has 0 aliphatic heterocycles. The van der Waals surface area contributed by atoms with E-state index in [1.165, 1.54) is 0 Å². The zero-order chi connectivity index (χ0) is 12.3. The zero-order valence-corrected chi connectivity index (χ0v) is 10.2. The van der Waals surface area contributed by atoms with Crippen LogP contribution in [0.1, 0.15) is 18.2 Å². The maximum absolute atomic E-state index is 4.38. The van der Waals surface area contributed by atoms with Gasteiger partial charge in [0, 0.05) is 37.7 Å². The molecule has 5 nitrogen and oxygen atoms in total. The van der Waals surface area contributed by atoms with Crippen molar-refractivity contribution in [1.82, 2.24) is 19.6 Å². The predicted molar refractivity (Wildman–Crippen MR) is 68.5 cm³/mol. The Balaban J connectivity index is 2.03. The third-order valence-corrected chi connectivity index (χ3v) is 2.57.